The van der Waals surface area contributed by atoms with Gasteiger partial charge in [0.2, 0.25) is 5.91 Å². The van der Waals surface area contributed by atoms with E-state index in [9.17, 15) is 9.90 Å². The fraction of sp³-hybridized carbons (Fsp3) is 0.200. The number of amides is 1. The fourth-order valence-electron chi connectivity index (χ4n) is 2.63. The molecule has 5 heteroatoms. The molecular formula is C20H21N3O2. The van der Waals surface area contributed by atoms with Gasteiger partial charge in [0.1, 0.15) is 0 Å². The molecule has 1 amide bonds. The Morgan fingerprint density at radius 3 is 2.48 bits per heavy atom. The largest absolute Gasteiger partial charge is 0.391 e. The first-order valence-corrected chi connectivity index (χ1v) is 8.28. The molecule has 0 aliphatic carbocycles. The van der Waals surface area contributed by atoms with Crippen molar-refractivity contribution in [3.8, 4) is 5.69 Å². The van der Waals surface area contributed by atoms with E-state index in [-0.39, 0.29) is 18.9 Å². The highest BCUT2D eigenvalue weighted by molar-refractivity contribution is 5.78. The van der Waals surface area contributed by atoms with Gasteiger partial charge < -0.3 is 10.4 Å². The Morgan fingerprint density at radius 2 is 1.80 bits per heavy atom. The lowest BCUT2D eigenvalue weighted by Crippen LogP contribution is -2.34. The summed E-state index contributed by atoms with van der Waals surface area (Å²) in [5.41, 5.74) is 2.93. The summed E-state index contributed by atoms with van der Waals surface area (Å²) in [5, 5.41) is 17.0. The first-order chi connectivity index (χ1) is 12.2. The topological polar surface area (TPSA) is 67.2 Å². The lowest BCUT2D eigenvalue weighted by molar-refractivity contribution is -0.120. The summed E-state index contributed by atoms with van der Waals surface area (Å²) < 4.78 is 1.77. The van der Waals surface area contributed by atoms with Gasteiger partial charge >= 0.3 is 0 Å². The maximum atomic E-state index is 12.0. The lowest BCUT2D eigenvalue weighted by atomic mass is 10.1. The molecule has 0 saturated carbocycles. The molecule has 0 saturated heterocycles. The summed E-state index contributed by atoms with van der Waals surface area (Å²) >= 11 is 0. The molecule has 1 unspecified atom stereocenters. The van der Waals surface area contributed by atoms with Gasteiger partial charge in [-0.25, -0.2) is 4.68 Å². The van der Waals surface area contributed by atoms with Crippen LogP contribution >= 0.6 is 0 Å². The van der Waals surface area contributed by atoms with Crippen molar-refractivity contribution in [2.75, 3.05) is 6.54 Å². The first-order valence-electron chi connectivity index (χ1n) is 8.28. The zero-order chi connectivity index (χ0) is 17.5. The van der Waals surface area contributed by atoms with Gasteiger partial charge in [0, 0.05) is 25.4 Å². The predicted molar refractivity (Wildman–Crippen MR) is 96.4 cm³/mol. The Bertz CT molecular complexity index is 784. The summed E-state index contributed by atoms with van der Waals surface area (Å²) in [4.78, 5) is 12.0. The molecule has 0 fully saturated rings. The predicted octanol–water partition coefficient (Wildman–Crippen LogP) is 2.13. The minimum atomic E-state index is -0.589. The second kappa shape index (κ2) is 8.26. The smallest absolute Gasteiger partial charge is 0.224 e. The summed E-state index contributed by atoms with van der Waals surface area (Å²) in [7, 11) is 0. The standard InChI is InChI=1S/C20H21N3O2/c24-19(13-16-5-2-1-3-6-16)15-21-20(25)14-17-7-9-18(10-8-17)23-12-4-11-22-23/h1-12,19,24H,13-15H2,(H,21,25). The van der Waals surface area contributed by atoms with Crippen molar-refractivity contribution in [3.63, 3.8) is 0 Å². The normalized spacial score (nSPS) is 11.9. The molecule has 0 spiro atoms. The number of aliphatic hydroxyl groups excluding tert-OH is 1. The monoisotopic (exact) mass is 335 g/mol. The molecule has 0 aliphatic heterocycles. The second-order valence-corrected chi connectivity index (χ2v) is 5.94. The zero-order valence-electron chi connectivity index (χ0n) is 13.9. The summed E-state index contributed by atoms with van der Waals surface area (Å²) in [6.07, 6.45) is 3.82. The van der Waals surface area contributed by atoms with Gasteiger partial charge in [0.15, 0.2) is 0 Å². The SMILES string of the molecule is O=C(Cc1ccc(-n2cccn2)cc1)NCC(O)Cc1ccccc1. The average Bonchev–Trinajstić information content (AvgIpc) is 3.16. The Hall–Kier alpha value is -2.92. The van der Waals surface area contributed by atoms with Crippen LogP contribution in [0.1, 0.15) is 11.1 Å². The van der Waals surface area contributed by atoms with E-state index in [2.05, 4.69) is 10.4 Å². The Kier molecular flexibility index (Phi) is 5.59. The van der Waals surface area contributed by atoms with E-state index in [4.69, 9.17) is 0 Å². The maximum absolute atomic E-state index is 12.0. The molecule has 2 aromatic carbocycles. The van der Waals surface area contributed by atoms with Crippen molar-refractivity contribution in [2.24, 2.45) is 0 Å². The first kappa shape index (κ1) is 16.9. The van der Waals surface area contributed by atoms with Gasteiger partial charge in [-0.05, 0) is 29.3 Å². The lowest BCUT2D eigenvalue weighted by Gasteiger charge is -2.12. The van der Waals surface area contributed by atoms with E-state index in [1.165, 1.54) is 0 Å². The van der Waals surface area contributed by atoms with Gasteiger partial charge in [0.25, 0.3) is 0 Å². The van der Waals surface area contributed by atoms with E-state index in [0.717, 1.165) is 16.8 Å². The summed E-state index contributed by atoms with van der Waals surface area (Å²) in [5.74, 6) is -0.0982. The number of benzene rings is 2. The molecular weight excluding hydrogens is 314 g/mol. The van der Waals surface area contributed by atoms with Crippen LogP contribution in [0.2, 0.25) is 0 Å². The quantitative estimate of drug-likeness (QED) is 0.695. The number of hydrogen-bond acceptors (Lipinski definition) is 3. The van der Waals surface area contributed by atoms with E-state index in [0.29, 0.717) is 6.42 Å². The van der Waals surface area contributed by atoms with Crippen LogP contribution in [0.5, 0.6) is 0 Å². The van der Waals surface area contributed by atoms with Crippen LogP contribution in [-0.4, -0.2) is 33.4 Å². The van der Waals surface area contributed by atoms with Crippen molar-refractivity contribution in [1.82, 2.24) is 15.1 Å². The molecule has 0 bridgehead atoms. The molecule has 2 N–H and O–H groups in total. The molecule has 5 nitrogen and oxygen atoms in total. The zero-order valence-corrected chi connectivity index (χ0v) is 13.9. The molecule has 0 radical (unpaired) electrons. The third-order valence-electron chi connectivity index (χ3n) is 3.92. The Balaban J connectivity index is 1.46. The highest BCUT2D eigenvalue weighted by Gasteiger charge is 2.09. The summed E-state index contributed by atoms with van der Waals surface area (Å²) in [6, 6.07) is 19.3. The van der Waals surface area contributed by atoms with E-state index in [1.54, 1.807) is 10.9 Å². The van der Waals surface area contributed by atoms with Crippen LogP contribution < -0.4 is 5.32 Å². The third-order valence-corrected chi connectivity index (χ3v) is 3.92. The van der Waals surface area contributed by atoms with Gasteiger partial charge in [-0.1, -0.05) is 42.5 Å². The molecule has 3 aromatic rings. The number of aromatic nitrogens is 2. The van der Waals surface area contributed by atoms with Crippen molar-refractivity contribution < 1.29 is 9.90 Å². The van der Waals surface area contributed by atoms with Crippen molar-refractivity contribution in [2.45, 2.75) is 18.9 Å². The number of hydrogen-bond donors (Lipinski definition) is 2. The summed E-state index contributed by atoms with van der Waals surface area (Å²) in [6.45, 7) is 0.249. The molecule has 25 heavy (non-hydrogen) atoms. The van der Waals surface area contributed by atoms with Crippen LogP contribution in [0.15, 0.2) is 73.1 Å². The molecule has 1 atom stereocenters. The molecule has 128 valence electrons. The molecule has 3 rings (SSSR count). The van der Waals surface area contributed by atoms with Crippen LogP contribution in [-0.2, 0) is 17.6 Å². The van der Waals surface area contributed by atoms with E-state index >= 15 is 0 Å². The Morgan fingerprint density at radius 1 is 1.04 bits per heavy atom. The molecule has 1 heterocycles. The highest BCUT2D eigenvalue weighted by Crippen LogP contribution is 2.09. The number of nitrogens with zero attached hydrogens (tertiary/aromatic N) is 2. The van der Waals surface area contributed by atoms with Crippen LogP contribution in [0, 0.1) is 0 Å². The van der Waals surface area contributed by atoms with Crippen molar-refractivity contribution >= 4 is 5.91 Å². The Labute approximate surface area is 146 Å². The number of nitrogens with one attached hydrogen (secondary N) is 1. The number of aliphatic hydroxyl groups is 1. The minimum absolute atomic E-state index is 0.0982. The number of carbonyl (C=O) groups excluding carboxylic acids is 1. The van der Waals surface area contributed by atoms with E-state index in [1.807, 2.05) is 66.9 Å². The van der Waals surface area contributed by atoms with Crippen molar-refractivity contribution in [3.05, 3.63) is 84.2 Å². The van der Waals surface area contributed by atoms with Crippen LogP contribution in [0.4, 0.5) is 0 Å². The fourth-order valence-corrected chi connectivity index (χ4v) is 2.63. The highest BCUT2D eigenvalue weighted by atomic mass is 16.3. The van der Waals surface area contributed by atoms with Gasteiger partial charge in [-0.2, -0.15) is 5.10 Å². The van der Waals surface area contributed by atoms with E-state index < -0.39 is 6.10 Å². The van der Waals surface area contributed by atoms with Crippen LogP contribution in [0.25, 0.3) is 5.69 Å². The van der Waals surface area contributed by atoms with Gasteiger partial charge in [-0.3, -0.25) is 4.79 Å². The average molecular weight is 335 g/mol. The third kappa shape index (κ3) is 5.02. The van der Waals surface area contributed by atoms with Gasteiger partial charge in [-0.15, -0.1) is 0 Å². The van der Waals surface area contributed by atoms with Gasteiger partial charge in [0.05, 0.1) is 18.2 Å². The number of rotatable bonds is 7. The van der Waals surface area contributed by atoms with Crippen molar-refractivity contribution in [1.29, 1.82) is 0 Å². The molecule has 1 aromatic heterocycles. The molecule has 0 aliphatic rings. The maximum Gasteiger partial charge on any atom is 0.224 e. The second-order valence-electron chi connectivity index (χ2n) is 5.94. The number of carbonyl (C=O) groups is 1. The van der Waals surface area contributed by atoms with Crippen LogP contribution in [0.3, 0.4) is 0 Å². The minimum Gasteiger partial charge on any atom is -0.391 e.